The smallest absolute Gasteiger partial charge is 0.341 e. The van der Waals surface area contributed by atoms with Gasteiger partial charge in [0.05, 0.1) is 40.0 Å². The fraction of sp³-hybridized carbons (Fsp3) is 0.421. The Hall–Kier alpha value is -2.59. The minimum Gasteiger partial charge on any atom is -0.477 e. The molecule has 10 heteroatoms. The van der Waals surface area contributed by atoms with Crippen LogP contribution in [0.1, 0.15) is 52.2 Å². The number of aryl methyl sites for hydroxylation is 3. The number of aromatic nitrogens is 2. The summed E-state index contributed by atoms with van der Waals surface area (Å²) in [6, 6.07) is 0. The van der Waals surface area contributed by atoms with Crippen molar-refractivity contribution in [2.24, 2.45) is 10.3 Å². The van der Waals surface area contributed by atoms with Crippen LogP contribution in [0.4, 0.5) is 0 Å². The molecule has 2 aliphatic rings. The summed E-state index contributed by atoms with van der Waals surface area (Å²) < 4.78 is 5.36. The first-order valence-electron chi connectivity index (χ1n) is 9.16. The van der Waals surface area contributed by atoms with Gasteiger partial charge in [-0.2, -0.15) is 0 Å². The molecule has 2 aromatic rings. The van der Waals surface area contributed by atoms with E-state index in [1.54, 1.807) is 11.3 Å². The van der Waals surface area contributed by atoms with Gasteiger partial charge in [0.25, 0.3) is 0 Å². The molecular formula is C19H22N4O4S2. The Kier molecular flexibility index (Phi) is 6.75. The lowest BCUT2D eigenvalue weighted by atomic mass is 10.1. The Labute approximate surface area is 176 Å². The number of hydrogen-bond acceptors (Lipinski definition) is 10. The summed E-state index contributed by atoms with van der Waals surface area (Å²) in [5.74, 6) is 0.920. The van der Waals surface area contributed by atoms with E-state index in [1.165, 1.54) is 11.3 Å². The second-order valence-corrected chi connectivity index (χ2v) is 8.59. The molecule has 0 aliphatic carbocycles. The number of carbonyl (C=O) groups excluding carboxylic acids is 1. The maximum Gasteiger partial charge on any atom is 0.341 e. The Balaban J connectivity index is 0.000000166. The fourth-order valence-corrected chi connectivity index (χ4v) is 4.51. The Morgan fingerprint density at radius 2 is 1.66 bits per heavy atom. The number of thiazole rings is 2. The molecule has 0 saturated carbocycles. The highest BCUT2D eigenvalue weighted by atomic mass is 32.1. The Bertz CT molecular complexity index is 990. The van der Waals surface area contributed by atoms with E-state index in [0.717, 1.165) is 37.6 Å². The van der Waals surface area contributed by atoms with Crippen LogP contribution in [0.5, 0.6) is 5.88 Å². The van der Waals surface area contributed by atoms with Crippen molar-refractivity contribution in [2.45, 2.75) is 47.0 Å². The Morgan fingerprint density at radius 3 is 2.24 bits per heavy atom. The Morgan fingerprint density at radius 1 is 1.00 bits per heavy atom. The van der Waals surface area contributed by atoms with Crippen LogP contribution in [0.25, 0.3) is 0 Å². The first-order valence-corrected chi connectivity index (χ1v) is 10.8. The molecule has 0 unspecified atom stereocenters. The molecule has 4 heterocycles. The third-order valence-electron chi connectivity index (χ3n) is 3.87. The molecule has 4 rings (SSSR count). The fourth-order valence-electron chi connectivity index (χ4n) is 2.68. The monoisotopic (exact) mass is 434 g/mol. The SMILES string of the molecule is C=C1CC(c2sc(C)nc2CC)=NO1.CCOc1nc(C)sc1C1=NOC(=O)C1. The van der Waals surface area contributed by atoms with Gasteiger partial charge >= 0.3 is 5.97 Å². The quantitative estimate of drug-likeness (QED) is 0.656. The molecule has 0 atom stereocenters. The molecule has 154 valence electrons. The second-order valence-electron chi connectivity index (χ2n) is 6.19. The lowest BCUT2D eigenvalue weighted by Crippen LogP contribution is -2.02. The molecular weight excluding hydrogens is 412 g/mol. The van der Waals surface area contributed by atoms with Crippen molar-refractivity contribution < 1.29 is 19.2 Å². The molecule has 2 aliphatic heterocycles. The number of nitrogens with zero attached hydrogens (tertiary/aromatic N) is 4. The molecule has 0 aromatic carbocycles. The molecule has 0 radical (unpaired) electrons. The van der Waals surface area contributed by atoms with E-state index in [-0.39, 0.29) is 12.4 Å². The van der Waals surface area contributed by atoms with Gasteiger partial charge in [0.15, 0.2) is 0 Å². The van der Waals surface area contributed by atoms with E-state index in [0.29, 0.717) is 30.4 Å². The van der Waals surface area contributed by atoms with Crippen molar-refractivity contribution in [3.05, 3.63) is 37.8 Å². The molecule has 2 aromatic heterocycles. The predicted molar refractivity (Wildman–Crippen MR) is 113 cm³/mol. The summed E-state index contributed by atoms with van der Waals surface area (Å²) in [6.45, 7) is 12.2. The molecule has 29 heavy (non-hydrogen) atoms. The molecule has 0 spiro atoms. The maximum absolute atomic E-state index is 10.9. The number of rotatable bonds is 5. The van der Waals surface area contributed by atoms with E-state index >= 15 is 0 Å². The largest absolute Gasteiger partial charge is 0.477 e. The minimum atomic E-state index is -0.335. The molecule has 8 nitrogen and oxygen atoms in total. The van der Waals surface area contributed by atoms with Gasteiger partial charge < -0.3 is 14.4 Å². The molecule has 0 amide bonds. The van der Waals surface area contributed by atoms with E-state index in [2.05, 4.69) is 38.6 Å². The third-order valence-corrected chi connectivity index (χ3v) is 5.93. The standard InChI is InChI=1S/C10H12N2OS.C9H10N2O3S/c1-4-8-10(14-7(3)11-8)9-5-6(2)13-12-9;1-3-13-9-8(15-5(2)10-9)6-4-7(12)14-11-6/h2,4-5H2,1,3H3;3-4H2,1-2H3. The molecule has 0 saturated heterocycles. The average Bonchev–Trinajstić information content (AvgIpc) is 3.44. The van der Waals surface area contributed by atoms with E-state index in [4.69, 9.17) is 9.57 Å². The summed E-state index contributed by atoms with van der Waals surface area (Å²) in [5.41, 5.74) is 2.69. The lowest BCUT2D eigenvalue weighted by molar-refractivity contribution is -0.140. The van der Waals surface area contributed by atoms with Crippen LogP contribution >= 0.6 is 22.7 Å². The van der Waals surface area contributed by atoms with E-state index < -0.39 is 0 Å². The van der Waals surface area contributed by atoms with Gasteiger partial charge in [-0.25, -0.2) is 14.8 Å². The van der Waals surface area contributed by atoms with Crippen molar-refractivity contribution in [3.63, 3.8) is 0 Å². The molecule has 0 fully saturated rings. The number of carbonyl (C=O) groups is 1. The van der Waals surface area contributed by atoms with Crippen molar-refractivity contribution in [2.75, 3.05) is 6.61 Å². The predicted octanol–water partition coefficient (Wildman–Crippen LogP) is 4.15. The third kappa shape index (κ3) is 5.07. The number of hydrogen-bond donors (Lipinski definition) is 0. The highest BCUT2D eigenvalue weighted by Gasteiger charge is 2.25. The van der Waals surface area contributed by atoms with Crippen LogP contribution in [0.3, 0.4) is 0 Å². The highest BCUT2D eigenvalue weighted by molar-refractivity contribution is 7.14. The van der Waals surface area contributed by atoms with Crippen molar-refractivity contribution in [1.29, 1.82) is 0 Å². The van der Waals surface area contributed by atoms with Gasteiger partial charge in [-0.3, -0.25) is 0 Å². The summed E-state index contributed by atoms with van der Waals surface area (Å²) in [5, 5.41) is 9.66. The molecule has 0 bridgehead atoms. The van der Waals surface area contributed by atoms with Gasteiger partial charge in [0.1, 0.15) is 22.1 Å². The first-order chi connectivity index (χ1) is 13.9. The zero-order chi connectivity index (χ0) is 21.0. The van der Waals surface area contributed by atoms with Gasteiger partial charge in [-0.15, -0.1) is 22.7 Å². The van der Waals surface area contributed by atoms with Gasteiger partial charge in [-0.05, 0) is 27.2 Å². The van der Waals surface area contributed by atoms with E-state index in [9.17, 15) is 4.79 Å². The minimum absolute atomic E-state index is 0.196. The average molecular weight is 435 g/mol. The number of allylic oxidation sites excluding steroid dienone is 1. The van der Waals surface area contributed by atoms with Crippen LogP contribution in [0, 0.1) is 13.8 Å². The van der Waals surface area contributed by atoms with Crippen molar-refractivity contribution in [1.82, 2.24) is 9.97 Å². The van der Waals surface area contributed by atoms with E-state index in [1.807, 2.05) is 20.8 Å². The van der Waals surface area contributed by atoms with Crippen LogP contribution in [-0.4, -0.2) is 34.0 Å². The summed E-state index contributed by atoms with van der Waals surface area (Å²) in [7, 11) is 0. The first kappa shape index (κ1) is 21.1. The lowest BCUT2D eigenvalue weighted by Gasteiger charge is -1.99. The summed E-state index contributed by atoms with van der Waals surface area (Å²) >= 11 is 3.13. The van der Waals surface area contributed by atoms with Crippen LogP contribution < -0.4 is 4.74 Å². The van der Waals surface area contributed by atoms with Crippen molar-refractivity contribution >= 4 is 40.1 Å². The van der Waals surface area contributed by atoms with Gasteiger partial charge in [0, 0.05) is 0 Å². The van der Waals surface area contributed by atoms with Gasteiger partial charge in [0.2, 0.25) is 5.88 Å². The van der Waals surface area contributed by atoms with Crippen LogP contribution in [0.2, 0.25) is 0 Å². The topological polar surface area (TPSA) is 95.3 Å². The molecule has 0 N–H and O–H groups in total. The van der Waals surface area contributed by atoms with Crippen LogP contribution in [-0.2, 0) is 20.9 Å². The van der Waals surface area contributed by atoms with Crippen molar-refractivity contribution in [3.8, 4) is 5.88 Å². The normalized spacial score (nSPS) is 15.3. The van der Waals surface area contributed by atoms with Gasteiger partial charge in [-0.1, -0.05) is 23.8 Å². The second kappa shape index (κ2) is 9.27. The maximum atomic E-state index is 10.9. The summed E-state index contributed by atoms with van der Waals surface area (Å²) in [4.78, 5) is 31.1. The van der Waals surface area contributed by atoms with Crippen LogP contribution in [0.15, 0.2) is 22.6 Å². The number of ether oxygens (including phenoxy) is 1. The zero-order valence-electron chi connectivity index (χ0n) is 16.8. The summed E-state index contributed by atoms with van der Waals surface area (Å²) in [6.07, 6.45) is 1.85. The zero-order valence-corrected chi connectivity index (χ0v) is 18.4. The number of oxime groups is 2. The highest BCUT2D eigenvalue weighted by Crippen LogP contribution is 2.28.